The van der Waals surface area contributed by atoms with Crippen LogP contribution in [0.1, 0.15) is 0 Å². The maximum atomic E-state index is 5.02. The molecule has 0 saturated heterocycles. The van der Waals surface area contributed by atoms with Crippen LogP contribution in [-0.2, 0) is 0 Å². The second-order valence-corrected chi connectivity index (χ2v) is 24.9. The van der Waals surface area contributed by atoms with Gasteiger partial charge in [-0.2, -0.15) is 0 Å². The van der Waals surface area contributed by atoms with Crippen molar-refractivity contribution < 1.29 is 0 Å². The van der Waals surface area contributed by atoms with Crippen LogP contribution in [0.25, 0.3) is 178 Å². The van der Waals surface area contributed by atoms with Crippen LogP contribution in [0.15, 0.2) is 376 Å². The van der Waals surface area contributed by atoms with Crippen molar-refractivity contribution in [3.8, 4) is 135 Å². The number of hydrogen-bond donors (Lipinski definition) is 0. The number of nitrogens with zero attached hydrogens (tertiary/aromatic N) is 6. The summed E-state index contributed by atoms with van der Waals surface area (Å²) in [6.45, 7) is 0. The molecule has 0 saturated carbocycles. The molecule has 14 aromatic carbocycles. The molecule has 0 spiro atoms. The molecule has 0 fully saturated rings. The monoisotopic (exact) mass is 1270 g/mol. The average Bonchev–Trinajstić information content (AvgIpc) is 0.783. The minimum absolute atomic E-state index is 0.717. The molecule has 0 aliphatic rings. The highest BCUT2D eigenvalue weighted by atomic mass is 14.9. The Balaban J connectivity index is 0.000000150. The van der Waals surface area contributed by atoms with Crippen molar-refractivity contribution in [2.75, 3.05) is 0 Å². The van der Waals surface area contributed by atoms with Crippen molar-refractivity contribution in [2.45, 2.75) is 0 Å². The molecule has 0 amide bonds. The summed E-state index contributed by atoms with van der Waals surface area (Å²) in [5, 5.41) is 7.19. The molecule has 6 nitrogen and oxygen atoms in total. The van der Waals surface area contributed by atoms with Crippen molar-refractivity contribution in [3.63, 3.8) is 0 Å². The van der Waals surface area contributed by atoms with Crippen molar-refractivity contribution in [1.82, 2.24) is 29.9 Å². The van der Waals surface area contributed by atoms with Gasteiger partial charge in [0.1, 0.15) is 0 Å². The van der Waals surface area contributed by atoms with Gasteiger partial charge in [0.25, 0.3) is 0 Å². The van der Waals surface area contributed by atoms with Crippen LogP contribution in [0, 0.1) is 0 Å². The Labute approximate surface area is 580 Å². The summed E-state index contributed by atoms with van der Waals surface area (Å²) in [7, 11) is 0. The van der Waals surface area contributed by atoms with Crippen molar-refractivity contribution in [1.29, 1.82) is 0 Å². The first-order valence-corrected chi connectivity index (χ1v) is 33.7. The average molecular weight is 1280 g/mol. The largest absolute Gasteiger partial charge is 0.256 e. The predicted molar refractivity (Wildman–Crippen MR) is 415 cm³/mol. The molecule has 0 aliphatic heterocycles. The first-order chi connectivity index (χ1) is 49.5. The van der Waals surface area contributed by atoms with E-state index < -0.39 is 0 Å². The molecule has 6 heteroatoms. The smallest absolute Gasteiger partial charge is 0.160 e. The van der Waals surface area contributed by atoms with Gasteiger partial charge in [-0.3, -0.25) is 9.97 Å². The Bertz CT molecular complexity index is 5840. The fraction of sp³-hybridized carbons (Fsp3) is 0. The van der Waals surface area contributed by atoms with Crippen LogP contribution < -0.4 is 0 Å². The van der Waals surface area contributed by atoms with Gasteiger partial charge in [-0.25, -0.2) is 19.9 Å². The Morgan fingerprint density at radius 2 is 0.490 bits per heavy atom. The maximum Gasteiger partial charge on any atom is 0.160 e. The standard InChI is InChI=1S/2C47H31N3/c1-3-11-35(12-4-1)44-31-45(50-47(49-44)38-13-5-2-6-14-38)36-28-26-33(27-29-36)40-18-9-20-42-39(17-8-21-43(40)42)32-22-24-34(25-23-32)41-19-7-15-37-16-10-30-48-46(37)41;1-3-11-35(12-4-1)45-30-46(50-47(49-45)37-13-5-2-6-14-37)36-27-25-34(26-28-36)41-17-10-18-42-40(16-9-19-43(41)42)33-23-21-32(22-24-33)39-29-38-15-7-8-20-44(38)48-31-39/h2*1-31H. The van der Waals surface area contributed by atoms with Crippen LogP contribution in [0.4, 0.5) is 0 Å². The molecule has 4 aromatic heterocycles. The highest BCUT2D eigenvalue weighted by Crippen LogP contribution is 2.40. The lowest BCUT2D eigenvalue weighted by atomic mass is 9.91. The summed E-state index contributed by atoms with van der Waals surface area (Å²) in [4.78, 5) is 29.3. The molecular weight excluding hydrogens is 1210 g/mol. The van der Waals surface area contributed by atoms with Crippen molar-refractivity contribution >= 4 is 43.4 Å². The highest BCUT2D eigenvalue weighted by molar-refractivity contribution is 6.06. The van der Waals surface area contributed by atoms with E-state index in [9.17, 15) is 0 Å². The van der Waals surface area contributed by atoms with Crippen molar-refractivity contribution in [3.05, 3.63) is 376 Å². The number of pyridine rings is 2. The van der Waals surface area contributed by atoms with Gasteiger partial charge in [-0.1, -0.05) is 334 Å². The quantitative estimate of drug-likeness (QED) is 0.121. The van der Waals surface area contributed by atoms with E-state index in [1.165, 1.54) is 54.9 Å². The van der Waals surface area contributed by atoms with Crippen LogP contribution in [-0.4, -0.2) is 29.9 Å². The van der Waals surface area contributed by atoms with Gasteiger partial charge in [0.05, 0.1) is 33.8 Å². The van der Waals surface area contributed by atoms with Crippen LogP contribution in [0.5, 0.6) is 0 Å². The molecule has 18 aromatic rings. The lowest BCUT2D eigenvalue weighted by molar-refractivity contribution is 1.18. The number of rotatable bonds is 12. The molecule has 0 bridgehead atoms. The van der Waals surface area contributed by atoms with Gasteiger partial charge >= 0.3 is 0 Å². The second-order valence-electron chi connectivity index (χ2n) is 24.9. The summed E-state index contributed by atoms with van der Waals surface area (Å²) in [5.41, 5.74) is 26.0. The third-order valence-corrected chi connectivity index (χ3v) is 18.7. The second kappa shape index (κ2) is 27.0. The fourth-order valence-corrected chi connectivity index (χ4v) is 13.6. The Kier molecular flexibility index (Phi) is 16.3. The lowest BCUT2D eigenvalue weighted by Gasteiger charge is -2.13. The molecule has 4 heterocycles. The zero-order chi connectivity index (χ0) is 66.6. The SMILES string of the molecule is c1ccc(-c2cc(-c3ccc(-c4cccc5c(-c6ccc(-c7cccc8cccnc78)cc6)cccc45)cc3)nc(-c3ccccc3)n2)cc1.c1ccc(-c2cc(-c3ccc(-c4cccc5c(-c6ccc(-c7cnc8ccccc8c7)cc6)cccc45)cc3)nc(-c3ccccc3)n2)cc1. The first-order valence-electron chi connectivity index (χ1n) is 33.7. The maximum absolute atomic E-state index is 5.02. The van der Waals surface area contributed by atoms with Gasteiger partial charge in [0.15, 0.2) is 11.6 Å². The number of aromatic nitrogens is 6. The Morgan fingerprint density at radius 3 is 0.910 bits per heavy atom. The predicted octanol–water partition coefficient (Wildman–Crippen LogP) is 24.4. The molecule has 0 radical (unpaired) electrons. The topological polar surface area (TPSA) is 77.3 Å². The summed E-state index contributed by atoms with van der Waals surface area (Å²) in [6, 6.07) is 128. The normalized spacial score (nSPS) is 11.2. The summed E-state index contributed by atoms with van der Waals surface area (Å²) in [6.07, 6.45) is 3.82. The van der Waals surface area contributed by atoms with E-state index in [2.05, 4.69) is 283 Å². The third-order valence-electron chi connectivity index (χ3n) is 18.7. The summed E-state index contributed by atoms with van der Waals surface area (Å²) < 4.78 is 0. The van der Waals surface area contributed by atoms with Gasteiger partial charge in [0, 0.05) is 67.7 Å². The minimum Gasteiger partial charge on any atom is -0.256 e. The highest BCUT2D eigenvalue weighted by Gasteiger charge is 2.17. The Hall–Kier alpha value is -13.4. The minimum atomic E-state index is 0.717. The van der Waals surface area contributed by atoms with E-state index in [-0.39, 0.29) is 0 Å². The summed E-state index contributed by atoms with van der Waals surface area (Å²) >= 11 is 0. The summed E-state index contributed by atoms with van der Waals surface area (Å²) in [5.74, 6) is 1.43. The zero-order valence-corrected chi connectivity index (χ0v) is 54.5. The van der Waals surface area contributed by atoms with E-state index in [0.717, 1.165) is 123 Å². The number of para-hydroxylation sites is 2. The van der Waals surface area contributed by atoms with Crippen LogP contribution in [0.3, 0.4) is 0 Å². The van der Waals surface area contributed by atoms with Crippen LogP contribution in [0.2, 0.25) is 0 Å². The molecule has 0 aliphatic carbocycles. The number of fused-ring (bicyclic) bond motifs is 4. The lowest BCUT2D eigenvalue weighted by Crippen LogP contribution is -1.95. The molecule has 18 rings (SSSR count). The van der Waals surface area contributed by atoms with E-state index in [0.29, 0.717) is 0 Å². The molecule has 468 valence electrons. The van der Waals surface area contributed by atoms with Gasteiger partial charge in [0.2, 0.25) is 0 Å². The zero-order valence-electron chi connectivity index (χ0n) is 54.5. The fourth-order valence-electron chi connectivity index (χ4n) is 13.6. The molecule has 0 N–H and O–H groups in total. The Morgan fingerprint density at radius 1 is 0.180 bits per heavy atom. The van der Waals surface area contributed by atoms with Crippen LogP contribution >= 0.6 is 0 Å². The molecule has 0 atom stereocenters. The molecular formula is C94H62N6. The van der Waals surface area contributed by atoms with Gasteiger partial charge in [-0.15, -0.1) is 0 Å². The van der Waals surface area contributed by atoms with E-state index in [1.54, 1.807) is 0 Å². The third kappa shape index (κ3) is 12.3. The van der Waals surface area contributed by atoms with Gasteiger partial charge < -0.3 is 0 Å². The van der Waals surface area contributed by atoms with E-state index in [4.69, 9.17) is 19.9 Å². The van der Waals surface area contributed by atoms with E-state index >= 15 is 0 Å². The number of benzene rings is 14. The molecule has 0 unspecified atom stereocenters. The van der Waals surface area contributed by atoms with Gasteiger partial charge in [-0.05, 0) is 108 Å². The number of hydrogen-bond acceptors (Lipinski definition) is 6. The van der Waals surface area contributed by atoms with Crippen molar-refractivity contribution in [2.24, 2.45) is 0 Å². The first kappa shape index (κ1) is 60.3. The van der Waals surface area contributed by atoms with E-state index in [1.807, 2.05) is 103 Å². The molecule has 100 heavy (non-hydrogen) atoms.